The third-order valence-electron chi connectivity index (χ3n) is 6.00. The van der Waals surface area contributed by atoms with Gasteiger partial charge in [-0.15, -0.1) is 0 Å². The molecular formula is C22H32O4. The van der Waals surface area contributed by atoms with E-state index in [2.05, 4.69) is 20.8 Å². The van der Waals surface area contributed by atoms with Crippen molar-refractivity contribution in [2.24, 2.45) is 23.7 Å². The van der Waals surface area contributed by atoms with E-state index in [-0.39, 0.29) is 11.8 Å². The molecule has 4 nitrogen and oxygen atoms in total. The fraction of sp³-hybridized carbons (Fsp3) is 0.682. The Bertz CT molecular complexity index is 599. The quantitative estimate of drug-likeness (QED) is 0.743. The molecule has 1 aromatic carbocycles. The molecule has 2 atom stereocenters. The second kappa shape index (κ2) is 8.10. The normalized spacial score (nSPS) is 32.0. The number of methoxy groups -OCH3 is 1. The van der Waals surface area contributed by atoms with E-state index in [9.17, 15) is 4.79 Å². The van der Waals surface area contributed by atoms with Crippen LogP contribution in [0.25, 0.3) is 0 Å². The van der Waals surface area contributed by atoms with E-state index in [1.165, 1.54) is 25.5 Å². The zero-order valence-corrected chi connectivity index (χ0v) is 16.5. The predicted octanol–water partition coefficient (Wildman–Crippen LogP) is 4.47. The van der Waals surface area contributed by atoms with Crippen molar-refractivity contribution < 1.29 is 19.0 Å². The Kier molecular flexibility index (Phi) is 6.03. The van der Waals surface area contributed by atoms with E-state index in [0.717, 1.165) is 26.1 Å². The van der Waals surface area contributed by atoms with E-state index in [4.69, 9.17) is 14.2 Å². The summed E-state index contributed by atoms with van der Waals surface area (Å²) in [5, 5.41) is 0. The average Bonchev–Trinajstić information content (AvgIpc) is 2.63. The van der Waals surface area contributed by atoms with Gasteiger partial charge in [0.1, 0.15) is 0 Å². The average molecular weight is 360 g/mol. The second-order valence-corrected chi connectivity index (χ2v) is 8.43. The van der Waals surface area contributed by atoms with Crippen LogP contribution < -0.4 is 0 Å². The molecule has 1 saturated heterocycles. The lowest BCUT2D eigenvalue weighted by Gasteiger charge is -2.50. The number of carbonyl (C=O) groups is 1. The van der Waals surface area contributed by atoms with Crippen molar-refractivity contribution >= 4 is 5.97 Å². The van der Waals surface area contributed by atoms with Crippen LogP contribution in [0.1, 0.15) is 56.0 Å². The molecule has 1 aliphatic heterocycles. The predicted molar refractivity (Wildman–Crippen MR) is 101 cm³/mol. The summed E-state index contributed by atoms with van der Waals surface area (Å²) >= 11 is 0. The van der Waals surface area contributed by atoms with Crippen LogP contribution in [0.3, 0.4) is 0 Å². The van der Waals surface area contributed by atoms with Gasteiger partial charge < -0.3 is 14.2 Å². The van der Waals surface area contributed by atoms with Crippen molar-refractivity contribution in [1.82, 2.24) is 0 Å². The van der Waals surface area contributed by atoms with Gasteiger partial charge in [-0.1, -0.05) is 39.3 Å². The lowest BCUT2D eigenvalue weighted by molar-refractivity contribution is -0.329. The Balaban J connectivity index is 1.60. The number of esters is 1. The summed E-state index contributed by atoms with van der Waals surface area (Å²) in [5.74, 6) is 1.40. The van der Waals surface area contributed by atoms with Gasteiger partial charge in [0.05, 0.1) is 25.9 Å². The van der Waals surface area contributed by atoms with Crippen LogP contribution in [-0.4, -0.2) is 32.1 Å². The smallest absolute Gasteiger partial charge is 0.337 e. The van der Waals surface area contributed by atoms with Crippen LogP contribution in [-0.2, 0) is 20.6 Å². The summed E-state index contributed by atoms with van der Waals surface area (Å²) in [4.78, 5) is 11.5. The van der Waals surface area contributed by atoms with Gasteiger partial charge in [0, 0.05) is 18.3 Å². The Morgan fingerprint density at radius 1 is 1.19 bits per heavy atom. The van der Waals surface area contributed by atoms with Crippen molar-refractivity contribution in [3.63, 3.8) is 0 Å². The summed E-state index contributed by atoms with van der Waals surface area (Å²) in [6, 6.07) is 7.64. The molecule has 2 fully saturated rings. The number of carbonyl (C=O) groups excluding carboxylic acids is 1. The zero-order chi connectivity index (χ0) is 18.7. The van der Waals surface area contributed by atoms with E-state index in [1.807, 2.05) is 24.3 Å². The van der Waals surface area contributed by atoms with Gasteiger partial charge in [-0.2, -0.15) is 0 Å². The Morgan fingerprint density at radius 2 is 1.85 bits per heavy atom. The lowest BCUT2D eigenvalue weighted by Crippen LogP contribution is -2.54. The number of benzene rings is 1. The summed E-state index contributed by atoms with van der Waals surface area (Å²) in [6.45, 7) is 8.36. The minimum atomic E-state index is -0.378. The molecule has 0 bridgehead atoms. The maximum atomic E-state index is 11.5. The molecule has 0 amide bonds. The van der Waals surface area contributed by atoms with Crippen LogP contribution in [0.15, 0.2) is 24.3 Å². The fourth-order valence-electron chi connectivity index (χ4n) is 4.55. The maximum absolute atomic E-state index is 11.5. The van der Waals surface area contributed by atoms with E-state index in [1.54, 1.807) is 0 Å². The third-order valence-corrected chi connectivity index (χ3v) is 6.00. The minimum Gasteiger partial charge on any atom is -0.465 e. The van der Waals surface area contributed by atoms with E-state index >= 15 is 0 Å². The first-order chi connectivity index (χ1) is 12.4. The molecule has 1 aliphatic carbocycles. The van der Waals surface area contributed by atoms with Crippen LogP contribution in [0.4, 0.5) is 0 Å². The first kappa shape index (κ1) is 19.4. The van der Waals surface area contributed by atoms with Gasteiger partial charge >= 0.3 is 5.97 Å². The summed E-state index contributed by atoms with van der Waals surface area (Å²) in [6.07, 6.45) is 4.38. The number of hydrogen-bond acceptors (Lipinski definition) is 4. The standard InChI is InChI=1S/C22H32O4/c1-15(2)20-10-5-16(3)12-22(20)25-13-18(14-26-22)11-17-6-8-19(9-7-17)21(23)24-4/h6-9,15-16,18,20H,5,10-14H2,1-4H3/t16-,18?,20+,22?/m1/s1. The molecule has 0 aromatic heterocycles. The highest BCUT2D eigenvalue weighted by atomic mass is 16.7. The number of rotatable bonds is 4. The molecule has 3 rings (SSSR count). The van der Waals surface area contributed by atoms with Crippen molar-refractivity contribution in [2.45, 2.75) is 52.2 Å². The summed E-state index contributed by atoms with van der Waals surface area (Å²) < 4.78 is 17.6. The van der Waals surface area contributed by atoms with Crippen LogP contribution >= 0.6 is 0 Å². The maximum Gasteiger partial charge on any atom is 0.337 e. The Morgan fingerprint density at radius 3 is 2.42 bits per heavy atom. The monoisotopic (exact) mass is 360 g/mol. The molecule has 2 aliphatic rings. The largest absolute Gasteiger partial charge is 0.465 e. The van der Waals surface area contributed by atoms with Crippen molar-refractivity contribution in [1.29, 1.82) is 0 Å². The van der Waals surface area contributed by atoms with Gasteiger partial charge in [-0.25, -0.2) is 4.79 Å². The highest BCUT2D eigenvalue weighted by Gasteiger charge is 2.48. The number of ether oxygens (including phenoxy) is 3. The topological polar surface area (TPSA) is 44.8 Å². The van der Waals surface area contributed by atoms with Gasteiger partial charge in [-0.3, -0.25) is 0 Å². The highest BCUT2D eigenvalue weighted by Crippen LogP contribution is 2.46. The molecule has 1 saturated carbocycles. The molecule has 1 spiro atoms. The Labute approximate surface area is 157 Å². The van der Waals surface area contributed by atoms with Crippen molar-refractivity contribution in [2.75, 3.05) is 20.3 Å². The van der Waals surface area contributed by atoms with E-state index in [0.29, 0.717) is 29.2 Å². The molecule has 4 heteroatoms. The summed E-state index contributed by atoms with van der Waals surface area (Å²) in [5.41, 5.74) is 1.78. The molecule has 0 radical (unpaired) electrons. The molecule has 0 N–H and O–H groups in total. The second-order valence-electron chi connectivity index (χ2n) is 8.43. The minimum absolute atomic E-state index is 0.297. The van der Waals surface area contributed by atoms with Crippen molar-refractivity contribution in [3.8, 4) is 0 Å². The van der Waals surface area contributed by atoms with Crippen LogP contribution in [0.2, 0.25) is 0 Å². The first-order valence-corrected chi connectivity index (χ1v) is 9.88. The van der Waals surface area contributed by atoms with Gasteiger partial charge in [0.15, 0.2) is 5.79 Å². The third kappa shape index (κ3) is 4.12. The zero-order valence-electron chi connectivity index (χ0n) is 16.5. The van der Waals surface area contributed by atoms with E-state index < -0.39 is 0 Å². The highest BCUT2D eigenvalue weighted by molar-refractivity contribution is 5.89. The van der Waals surface area contributed by atoms with Gasteiger partial charge in [0.2, 0.25) is 0 Å². The molecule has 0 unspecified atom stereocenters. The van der Waals surface area contributed by atoms with Crippen LogP contribution in [0, 0.1) is 23.7 Å². The van der Waals surface area contributed by atoms with Gasteiger partial charge in [-0.05, 0) is 42.4 Å². The molecule has 144 valence electrons. The molecule has 1 aromatic rings. The molecule has 1 heterocycles. The molecule has 26 heavy (non-hydrogen) atoms. The summed E-state index contributed by atoms with van der Waals surface area (Å²) in [7, 11) is 1.40. The van der Waals surface area contributed by atoms with Crippen molar-refractivity contribution in [3.05, 3.63) is 35.4 Å². The lowest BCUT2D eigenvalue weighted by atomic mass is 9.72. The first-order valence-electron chi connectivity index (χ1n) is 9.88. The fourth-order valence-corrected chi connectivity index (χ4v) is 4.55. The van der Waals surface area contributed by atoms with Crippen LogP contribution in [0.5, 0.6) is 0 Å². The Hall–Kier alpha value is -1.39. The number of hydrogen-bond donors (Lipinski definition) is 0. The molecular weight excluding hydrogens is 328 g/mol. The SMILES string of the molecule is COC(=O)c1ccc(CC2COC3(C[C@H](C)CC[C@H]3C(C)C)OC2)cc1. The van der Waals surface area contributed by atoms with Gasteiger partial charge in [0.25, 0.3) is 0 Å².